The molecule has 2 saturated heterocycles. The molecule has 3 aliphatic rings. The summed E-state index contributed by atoms with van der Waals surface area (Å²) in [6, 6.07) is 6.14. The molecule has 2 fully saturated rings. The van der Waals surface area contributed by atoms with Crippen LogP contribution in [0.25, 0.3) is 0 Å². The highest BCUT2D eigenvalue weighted by atomic mass is 16.5. The van der Waals surface area contributed by atoms with Gasteiger partial charge in [-0.2, -0.15) is 0 Å². The van der Waals surface area contributed by atoms with Gasteiger partial charge < -0.3 is 14.6 Å². The predicted molar refractivity (Wildman–Crippen MR) is 90.3 cm³/mol. The van der Waals surface area contributed by atoms with E-state index in [-0.39, 0.29) is 19.1 Å². The van der Waals surface area contributed by atoms with Gasteiger partial charge in [0.05, 0.1) is 41.9 Å². The topological polar surface area (TPSA) is 93.1 Å². The predicted octanol–water partition coefficient (Wildman–Crippen LogP) is 1.06. The molecule has 0 saturated carbocycles. The van der Waals surface area contributed by atoms with Crippen LogP contribution in [0.15, 0.2) is 36.4 Å². The Morgan fingerprint density at radius 1 is 1.19 bits per heavy atom. The van der Waals surface area contributed by atoms with Gasteiger partial charge in [0.25, 0.3) is 0 Å². The summed E-state index contributed by atoms with van der Waals surface area (Å²) in [4.78, 5) is 38.9. The molecule has 136 valence electrons. The summed E-state index contributed by atoms with van der Waals surface area (Å²) in [6.45, 7) is 3.37. The quantitative estimate of drug-likeness (QED) is 0.492. The van der Waals surface area contributed by atoms with E-state index >= 15 is 0 Å². The Morgan fingerprint density at radius 3 is 2.46 bits per heavy atom. The van der Waals surface area contributed by atoms with Crippen LogP contribution in [0.2, 0.25) is 0 Å². The fourth-order valence-electron chi connectivity index (χ4n) is 4.26. The second kappa shape index (κ2) is 5.49. The van der Waals surface area contributed by atoms with E-state index < -0.39 is 34.9 Å². The molecule has 3 aliphatic heterocycles. The molecule has 26 heavy (non-hydrogen) atoms. The van der Waals surface area contributed by atoms with E-state index in [0.29, 0.717) is 11.3 Å². The summed E-state index contributed by atoms with van der Waals surface area (Å²) < 4.78 is 10.8. The maximum Gasteiger partial charge on any atom is 0.338 e. The van der Waals surface area contributed by atoms with E-state index in [1.807, 2.05) is 0 Å². The van der Waals surface area contributed by atoms with Crippen LogP contribution in [-0.4, -0.2) is 47.3 Å². The average molecular weight is 357 g/mol. The number of carbonyl (C=O) groups is 3. The molecule has 7 heteroatoms. The van der Waals surface area contributed by atoms with Crippen molar-refractivity contribution in [2.75, 3.05) is 18.1 Å². The lowest BCUT2D eigenvalue weighted by Gasteiger charge is -2.27. The van der Waals surface area contributed by atoms with Crippen molar-refractivity contribution in [3.05, 3.63) is 42.0 Å². The van der Waals surface area contributed by atoms with Crippen LogP contribution in [0.5, 0.6) is 0 Å². The van der Waals surface area contributed by atoms with Gasteiger partial charge >= 0.3 is 5.97 Å². The first-order valence-electron chi connectivity index (χ1n) is 8.53. The third-order valence-corrected chi connectivity index (χ3v) is 5.44. The van der Waals surface area contributed by atoms with E-state index in [0.717, 1.165) is 4.90 Å². The van der Waals surface area contributed by atoms with Crippen molar-refractivity contribution < 1.29 is 29.0 Å². The van der Waals surface area contributed by atoms with Gasteiger partial charge in [0.1, 0.15) is 5.60 Å². The zero-order chi connectivity index (χ0) is 18.7. The fraction of sp³-hybridized carbons (Fsp3) is 0.421. The molecule has 2 amide bonds. The Kier molecular flexibility index (Phi) is 3.58. The van der Waals surface area contributed by atoms with Crippen LogP contribution in [-0.2, 0) is 19.1 Å². The number of anilines is 1. The van der Waals surface area contributed by atoms with E-state index in [9.17, 15) is 19.5 Å². The Hall–Kier alpha value is -2.51. The maximum atomic E-state index is 13.0. The Bertz CT molecular complexity index is 831. The lowest BCUT2D eigenvalue weighted by atomic mass is 9.73. The average Bonchev–Trinajstić information content (AvgIpc) is 3.21. The van der Waals surface area contributed by atoms with Gasteiger partial charge in [0.2, 0.25) is 11.8 Å². The molecule has 2 bridgehead atoms. The van der Waals surface area contributed by atoms with E-state index in [4.69, 9.17) is 9.47 Å². The number of fused-ring (bicyclic) bond motifs is 5. The van der Waals surface area contributed by atoms with Crippen molar-refractivity contribution >= 4 is 23.5 Å². The number of nitrogens with zero attached hydrogens (tertiary/aromatic N) is 1. The van der Waals surface area contributed by atoms with Crippen molar-refractivity contribution in [2.45, 2.75) is 25.0 Å². The largest absolute Gasteiger partial charge is 0.462 e. The summed E-state index contributed by atoms with van der Waals surface area (Å²) >= 11 is 0. The Labute approximate surface area is 150 Å². The van der Waals surface area contributed by atoms with Crippen molar-refractivity contribution in [1.29, 1.82) is 0 Å². The molecule has 0 aliphatic carbocycles. The van der Waals surface area contributed by atoms with E-state index in [1.165, 1.54) is 12.1 Å². The highest BCUT2D eigenvalue weighted by Crippen LogP contribution is 2.57. The second-order valence-electron chi connectivity index (χ2n) is 6.97. The van der Waals surface area contributed by atoms with Gasteiger partial charge in [-0.15, -0.1) is 0 Å². The molecule has 4 unspecified atom stereocenters. The minimum atomic E-state index is -1.15. The number of hydrogen-bond donors (Lipinski definition) is 1. The highest BCUT2D eigenvalue weighted by Gasteiger charge is 2.72. The number of ether oxygens (including phenoxy) is 2. The molecular formula is C19H19NO6. The first-order chi connectivity index (χ1) is 12.4. The number of carbonyl (C=O) groups excluding carboxylic acids is 3. The van der Waals surface area contributed by atoms with Crippen molar-refractivity contribution in [3.63, 3.8) is 0 Å². The molecule has 0 aromatic heterocycles. The van der Waals surface area contributed by atoms with Crippen LogP contribution < -0.4 is 4.90 Å². The van der Waals surface area contributed by atoms with Crippen LogP contribution >= 0.6 is 0 Å². The van der Waals surface area contributed by atoms with E-state index in [2.05, 4.69) is 0 Å². The lowest BCUT2D eigenvalue weighted by molar-refractivity contribution is -0.131. The lowest BCUT2D eigenvalue weighted by Crippen LogP contribution is -2.43. The highest BCUT2D eigenvalue weighted by molar-refractivity contribution is 6.23. The number of imide groups is 1. The van der Waals surface area contributed by atoms with Gasteiger partial charge in [-0.1, -0.05) is 12.2 Å². The first kappa shape index (κ1) is 16.9. The van der Waals surface area contributed by atoms with Gasteiger partial charge in [0, 0.05) is 0 Å². The molecular weight excluding hydrogens is 338 g/mol. The molecule has 4 atom stereocenters. The Morgan fingerprint density at radius 2 is 1.85 bits per heavy atom. The molecule has 4 rings (SSSR count). The molecule has 0 spiro atoms. The van der Waals surface area contributed by atoms with Crippen molar-refractivity contribution in [1.82, 2.24) is 0 Å². The number of benzene rings is 1. The summed E-state index contributed by atoms with van der Waals surface area (Å²) in [6.07, 6.45) is 3.44. The summed E-state index contributed by atoms with van der Waals surface area (Å²) in [5.41, 5.74) is -1.32. The molecule has 0 radical (unpaired) electrons. The minimum Gasteiger partial charge on any atom is -0.462 e. The number of aliphatic hydroxyl groups excluding tert-OH is 1. The summed E-state index contributed by atoms with van der Waals surface area (Å²) in [7, 11) is 0. The maximum absolute atomic E-state index is 13.0. The third-order valence-electron chi connectivity index (χ3n) is 5.44. The number of hydrogen-bond acceptors (Lipinski definition) is 6. The molecule has 1 N–H and O–H groups in total. The third kappa shape index (κ3) is 2.04. The van der Waals surface area contributed by atoms with Crippen molar-refractivity contribution in [3.8, 4) is 0 Å². The summed E-state index contributed by atoms with van der Waals surface area (Å²) in [5, 5.41) is 9.80. The Balaban J connectivity index is 1.67. The van der Waals surface area contributed by atoms with Crippen LogP contribution in [0.4, 0.5) is 5.69 Å². The molecule has 1 aromatic carbocycles. The monoisotopic (exact) mass is 357 g/mol. The second-order valence-corrected chi connectivity index (χ2v) is 6.97. The zero-order valence-corrected chi connectivity index (χ0v) is 14.5. The van der Waals surface area contributed by atoms with Gasteiger partial charge in [-0.25, -0.2) is 9.69 Å². The van der Waals surface area contributed by atoms with Gasteiger partial charge in [-0.3, -0.25) is 9.59 Å². The van der Waals surface area contributed by atoms with E-state index in [1.54, 1.807) is 38.1 Å². The summed E-state index contributed by atoms with van der Waals surface area (Å²) in [5.74, 6) is -2.63. The zero-order valence-electron chi connectivity index (χ0n) is 14.5. The minimum absolute atomic E-state index is 0.266. The van der Waals surface area contributed by atoms with Gasteiger partial charge in [0.15, 0.2) is 0 Å². The number of amides is 2. The SMILES string of the molecule is CCOC(=O)c1ccc(N2C(=O)C3C(C2=O)C2(CO)C=CC3(C)O2)cc1. The normalized spacial score (nSPS) is 34.5. The molecule has 7 nitrogen and oxygen atoms in total. The number of aliphatic hydroxyl groups is 1. The standard InChI is InChI=1S/C19H19NO6/c1-3-25-17(24)11-4-6-12(7-5-11)20-15(22)13-14(16(20)23)19(10-21)9-8-18(13,2)26-19/h4-9,13-14,21H,3,10H2,1-2H3. The smallest absolute Gasteiger partial charge is 0.338 e. The van der Waals surface area contributed by atoms with Crippen LogP contribution in [0, 0.1) is 11.8 Å². The number of esters is 1. The fourth-order valence-corrected chi connectivity index (χ4v) is 4.26. The van der Waals surface area contributed by atoms with Crippen LogP contribution in [0.1, 0.15) is 24.2 Å². The molecule has 3 heterocycles. The van der Waals surface area contributed by atoms with Gasteiger partial charge in [-0.05, 0) is 38.1 Å². The first-order valence-corrected chi connectivity index (χ1v) is 8.53. The number of rotatable bonds is 4. The molecule has 1 aromatic rings. The van der Waals surface area contributed by atoms with Crippen molar-refractivity contribution in [2.24, 2.45) is 11.8 Å². The van der Waals surface area contributed by atoms with Crippen LogP contribution in [0.3, 0.4) is 0 Å².